The van der Waals surface area contributed by atoms with Crippen molar-refractivity contribution >= 4 is 34.2 Å². The number of fused-ring (bicyclic) bond motifs is 1. The highest BCUT2D eigenvalue weighted by Gasteiger charge is 2.23. The van der Waals surface area contributed by atoms with Crippen LogP contribution in [0.2, 0.25) is 0 Å². The molecule has 4 aromatic rings. The van der Waals surface area contributed by atoms with E-state index < -0.39 is 6.09 Å². The summed E-state index contributed by atoms with van der Waals surface area (Å²) in [6.45, 7) is 4.88. The molecule has 2 aromatic heterocycles. The van der Waals surface area contributed by atoms with E-state index in [0.29, 0.717) is 30.2 Å². The van der Waals surface area contributed by atoms with Crippen molar-refractivity contribution in [1.29, 1.82) is 0 Å². The summed E-state index contributed by atoms with van der Waals surface area (Å²) in [6.07, 6.45) is 3.63. The first-order valence-electron chi connectivity index (χ1n) is 13.9. The summed E-state index contributed by atoms with van der Waals surface area (Å²) in [5.74, 6) is 0.517. The minimum Gasteiger partial charge on any atom is -0.447 e. The largest absolute Gasteiger partial charge is 0.447 e. The highest BCUT2D eigenvalue weighted by Crippen LogP contribution is 2.30. The number of amides is 1. The Morgan fingerprint density at radius 1 is 1.17 bits per heavy atom. The minimum atomic E-state index is -0.405. The first-order chi connectivity index (χ1) is 19.9. The SMILES string of the molecule is COCCOC(=O)NC1CCN(c2cc(C)c3nc(-c4c(NCCc5cccc(N)c5)cc[nH]c4=O)[nH]c3c2)CC1. The number of imidazole rings is 1. The number of ether oxygens (including phenoxy) is 2. The highest BCUT2D eigenvalue weighted by atomic mass is 16.6. The zero-order valence-corrected chi connectivity index (χ0v) is 23.5. The van der Waals surface area contributed by atoms with Crippen molar-refractivity contribution in [2.75, 3.05) is 55.9 Å². The molecule has 216 valence electrons. The van der Waals surface area contributed by atoms with Gasteiger partial charge >= 0.3 is 6.09 Å². The van der Waals surface area contributed by atoms with E-state index >= 15 is 0 Å². The van der Waals surface area contributed by atoms with Gasteiger partial charge < -0.3 is 40.7 Å². The van der Waals surface area contributed by atoms with Crippen molar-refractivity contribution in [2.45, 2.75) is 32.2 Å². The lowest BCUT2D eigenvalue weighted by atomic mass is 10.0. The molecular formula is C30H37N7O4. The van der Waals surface area contributed by atoms with Crippen LogP contribution in [-0.2, 0) is 15.9 Å². The normalized spacial score (nSPS) is 13.9. The maximum Gasteiger partial charge on any atom is 0.407 e. The van der Waals surface area contributed by atoms with Crippen LogP contribution in [-0.4, -0.2) is 67.0 Å². The first kappa shape index (κ1) is 28.0. The fourth-order valence-corrected chi connectivity index (χ4v) is 5.23. The number of benzene rings is 2. The average Bonchev–Trinajstić information content (AvgIpc) is 3.38. The number of nitrogens with two attached hydrogens (primary N) is 1. The molecule has 0 aliphatic carbocycles. The number of piperidine rings is 1. The number of H-pyrrole nitrogens is 2. The Labute approximate surface area is 238 Å². The molecular weight excluding hydrogens is 522 g/mol. The van der Waals surface area contributed by atoms with Crippen molar-refractivity contribution < 1.29 is 14.3 Å². The van der Waals surface area contributed by atoms with E-state index in [0.717, 1.165) is 65.9 Å². The van der Waals surface area contributed by atoms with E-state index in [1.54, 1.807) is 13.3 Å². The molecule has 0 radical (unpaired) electrons. The van der Waals surface area contributed by atoms with E-state index in [1.165, 1.54) is 0 Å². The van der Waals surface area contributed by atoms with Gasteiger partial charge in [0.2, 0.25) is 0 Å². The minimum absolute atomic E-state index is 0.0693. The Hall–Kier alpha value is -4.51. The third-order valence-electron chi connectivity index (χ3n) is 7.34. The molecule has 1 aliphatic rings. The lowest BCUT2D eigenvalue weighted by Crippen LogP contribution is -2.45. The van der Waals surface area contributed by atoms with Crippen LogP contribution in [0.5, 0.6) is 0 Å². The predicted molar refractivity (Wildman–Crippen MR) is 162 cm³/mol. The molecule has 0 unspecified atom stereocenters. The molecule has 2 aromatic carbocycles. The number of methoxy groups -OCH3 is 1. The van der Waals surface area contributed by atoms with E-state index in [2.05, 4.69) is 37.6 Å². The zero-order chi connectivity index (χ0) is 28.8. The van der Waals surface area contributed by atoms with Crippen LogP contribution in [0.1, 0.15) is 24.0 Å². The van der Waals surface area contributed by atoms with Crippen molar-refractivity contribution in [3.8, 4) is 11.4 Å². The maximum absolute atomic E-state index is 12.9. The summed E-state index contributed by atoms with van der Waals surface area (Å²) in [4.78, 5) is 38.2. The maximum atomic E-state index is 12.9. The molecule has 11 heteroatoms. The number of nitrogens with zero attached hydrogens (tertiary/aromatic N) is 2. The van der Waals surface area contributed by atoms with Gasteiger partial charge in [-0.05, 0) is 67.6 Å². The first-order valence-corrected chi connectivity index (χ1v) is 13.9. The molecule has 3 heterocycles. The summed E-state index contributed by atoms with van der Waals surface area (Å²) in [6, 6.07) is 13.9. The van der Waals surface area contributed by atoms with Gasteiger partial charge in [-0.25, -0.2) is 9.78 Å². The number of carbonyl (C=O) groups excluding carboxylic acids is 1. The number of hydrogen-bond donors (Lipinski definition) is 5. The van der Waals surface area contributed by atoms with Gasteiger partial charge in [0.1, 0.15) is 18.0 Å². The molecule has 41 heavy (non-hydrogen) atoms. The molecule has 0 spiro atoms. The van der Waals surface area contributed by atoms with Crippen LogP contribution in [0.15, 0.2) is 53.5 Å². The summed E-state index contributed by atoms with van der Waals surface area (Å²) < 4.78 is 10.0. The number of nitrogen functional groups attached to an aromatic ring is 1. The van der Waals surface area contributed by atoms with Gasteiger partial charge in [0.15, 0.2) is 0 Å². The van der Waals surface area contributed by atoms with Gasteiger partial charge in [-0.1, -0.05) is 12.1 Å². The summed E-state index contributed by atoms with van der Waals surface area (Å²) in [5, 5.41) is 6.35. The second-order valence-electron chi connectivity index (χ2n) is 10.3. The fraction of sp³-hybridized carbons (Fsp3) is 0.367. The van der Waals surface area contributed by atoms with Crippen molar-refractivity contribution in [3.05, 3.63) is 70.1 Å². The topological polar surface area (TPSA) is 150 Å². The van der Waals surface area contributed by atoms with Crippen LogP contribution in [0, 0.1) is 6.92 Å². The van der Waals surface area contributed by atoms with Gasteiger partial charge in [-0.15, -0.1) is 0 Å². The van der Waals surface area contributed by atoms with Crippen LogP contribution in [0.25, 0.3) is 22.4 Å². The monoisotopic (exact) mass is 559 g/mol. The number of hydrogen-bond acceptors (Lipinski definition) is 8. The number of nitrogens with one attached hydrogen (secondary N) is 4. The Kier molecular flexibility index (Phi) is 8.73. The molecule has 5 rings (SSSR count). The highest BCUT2D eigenvalue weighted by molar-refractivity contribution is 5.87. The number of anilines is 3. The van der Waals surface area contributed by atoms with Crippen molar-refractivity contribution in [3.63, 3.8) is 0 Å². The van der Waals surface area contributed by atoms with E-state index in [4.69, 9.17) is 20.2 Å². The van der Waals surface area contributed by atoms with Crippen molar-refractivity contribution in [2.24, 2.45) is 0 Å². The third kappa shape index (κ3) is 6.80. The van der Waals surface area contributed by atoms with E-state index in [-0.39, 0.29) is 18.2 Å². The lowest BCUT2D eigenvalue weighted by molar-refractivity contribution is 0.0956. The average molecular weight is 560 g/mol. The Morgan fingerprint density at radius 3 is 2.78 bits per heavy atom. The van der Waals surface area contributed by atoms with E-state index in [9.17, 15) is 9.59 Å². The number of rotatable bonds is 10. The molecule has 0 atom stereocenters. The molecule has 1 aliphatic heterocycles. The molecule has 0 bridgehead atoms. The second kappa shape index (κ2) is 12.8. The van der Waals surface area contributed by atoms with E-state index in [1.807, 2.05) is 37.3 Å². The smallest absolute Gasteiger partial charge is 0.407 e. The van der Waals surface area contributed by atoms with Crippen LogP contribution in [0.3, 0.4) is 0 Å². The number of aromatic amines is 2. The van der Waals surface area contributed by atoms with Crippen molar-refractivity contribution in [1.82, 2.24) is 20.3 Å². The number of alkyl carbamates (subject to hydrolysis) is 1. The van der Waals surface area contributed by atoms with Gasteiger partial charge in [0.05, 0.1) is 23.3 Å². The standard InChI is InChI=1S/C30H37N7O4/c1-19-16-23(37-12-8-22(9-13-37)34-30(39)41-15-14-40-2)18-25-27(19)36-28(35-25)26-24(7-11-33-29(26)38)32-10-6-20-4-3-5-21(31)17-20/h3-5,7,11,16-18,22H,6,8-10,12-15,31H2,1-2H3,(H,34,39)(H,35,36)(H2,32,33,38). The summed E-state index contributed by atoms with van der Waals surface area (Å²) in [5.41, 5.74) is 12.5. The molecule has 1 fully saturated rings. The second-order valence-corrected chi connectivity index (χ2v) is 10.3. The zero-order valence-electron chi connectivity index (χ0n) is 23.5. The number of aryl methyl sites for hydroxylation is 1. The molecule has 1 amide bonds. The Balaban J connectivity index is 1.28. The Morgan fingerprint density at radius 2 is 2.00 bits per heavy atom. The van der Waals surface area contributed by atoms with Crippen LogP contribution in [0.4, 0.5) is 21.9 Å². The molecule has 6 N–H and O–H groups in total. The van der Waals surface area contributed by atoms with Crippen LogP contribution < -0.4 is 26.8 Å². The van der Waals surface area contributed by atoms with Gasteiger partial charge in [0.25, 0.3) is 5.56 Å². The molecule has 0 saturated carbocycles. The third-order valence-corrected chi connectivity index (χ3v) is 7.34. The number of aromatic nitrogens is 3. The molecule has 11 nitrogen and oxygen atoms in total. The quantitative estimate of drug-likeness (QED) is 0.145. The van der Waals surface area contributed by atoms with Gasteiger partial charge in [-0.3, -0.25) is 4.79 Å². The predicted octanol–water partition coefficient (Wildman–Crippen LogP) is 3.80. The Bertz CT molecular complexity index is 1560. The molecule has 1 saturated heterocycles. The van der Waals surface area contributed by atoms with Gasteiger partial charge in [0, 0.05) is 50.4 Å². The number of carbonyl (C=O) groups is 1. The summed E-state index contributed by atoms with van der Waals surface area (Å²) in [7, 11) is 1.57. The van der Waals surface area contributed by atoms with Crippen LogP contribution >= 0.6 is 0 Å². The fourth-order valence-electron chi connectivity index (χ4n) is 5.23. The lowest BCUT2D eigenvalue weighted by Gasteiger charge is -2.34. The van der Waals surface area contributed by atoms with Gasteiger partial charge in [-0.2, -0.15) is 0 Å². The number of pyridine rings is 1. The summed E-state index contributed by atoms with van der Waals surface area (Å²) >= 11 is 0.